The van der Waals surface area contributed by atoms with Gasteiger partial charge in [-0.3, -0.25) is 4.79 Å². The van der Waals surface area contributed by atoms with Crippen LogP contribution in [0, 0.1) is 0 Å². The fourth-order valence-electron chi connectivity index (χ4n) is 2.94. The predicted octanol–water partition coefficient (Wildman–Crippen LogP) is 3.70. The summed E-state index contributed by atoms with van der Waals surface area (Å²) < 4.78 is 10.3. The Morgan fingerprint density at radius 1 is 1.04 bits per heavy atom. The Hall–Kier alpha value is -3.02. The number of methoxy groups -OCH3 is 1. The van der Waals surface area contributed by atoms with Gasteiger partial charge in [-0.15, -0.1) is 0 Å². The molecule has 0 aromatic heterocycles. The SMILES string of the molecule is CCC(CC(=O)N(C)Cc1ccc(OCC(=O)O)cc1)c1ccc(OC)cc1. The van der Waals surface area contributed by atoms with Crippen LogP contribution in [-0.4, -0.2) is 42.6 Å². The molecule has 150 valence electrons. The molecule has 28 heavy (non-hydrogen) atoms. The molecule has 2 rings (SSSR count). The Morgan fingerprint density at radius 2 is 1.64 bits per heavy atom. The number of hydrogen-bond donors (Lipinski definition) is 1. The van der Waals surface area contributed by atoms with E-state index in [-0.39, 0.29) is 18.4 Å². The van der Waals surface area contributed by atoms with Gasteiger partial charge in [0.1, 0.15) is 11.5 Å². The van der Waals surface area contributed by atoms with Gasteiger partial charge in [0, 0.05) is 20.0 Å². The van der Waals surface area contributed by atoms with E-state index in [9.17, 15) is 9.59 Å². The van der Waals surface area contributed by atoms with E-state index in [2.05, 4.69) is 6.92 Å². The second kappa shape index (κ2) is 10.3. The van der Waals surface area contributed by atoms with Crippen molar-refractivity contribution >= 4 is 11.9 Å². The molecule has 0 aliphatic carbocycles. The summed E-state index contributed by atoms with van der Waals surface area (Å²) in [5.41, 5.74) is 2.08. The van der Waals surface area contributed by atoms with Crippen LogP contribution in [0.25, 0.3) is 0 Å². The molecule has 0 aliphatic rings. The highest BCUT2D eigenvalue weighted by atomic mass is 16.5. The molecule has 0 aliphatic heterocycles. The van der Waals surface area contributed by atoms with Crippen LogP contribution in [0.2, 0.25) is 0 Å². The molecule has 1 unspecified atom stereocenters. The zero-order valence-electron chi connectivity index (χ0n) is 16.6. The predicted molar refractivity (Wildman–Crippen MR) is 107 cm³/mol. The highest BCUT2D eigenvalue weighted by molar-refractivity contribution is 5.76. The lowest BCUT2D eigenvalue weighted by Gasteiger charge is -2.21. The maximum atomic E-state index is 12.7. The average molecular weight is 385 g/mol. The zero-order chi connectivity index (χ0) is 20.5. The topological polar surface area (TPSA) is 76.1 Å². The van der Waals surface area contributed by atoms with Gasteiger partial charge >= 0.3 is 5.97 Å². The molecule has 0 radical (unpaired) electrons. The Kier molecular flexibility index (Phi) is 7.87. The first kappa shape index (κ1) is 21.3. The van der Waals surface area contributed by atoms with Gasteiger partial charge in [-0.2, -0.15) is 0 Å². The van der Waals surface area contributed by atoms with Crippen molar-refractivity contribution in [2.75, 3.05) is 20.8 Å². The number of nitrogens with zero attached hydrogens (tertiary/aromatic N) is 1. The van der Waals surface area contributed by atoms with E-state index in [0.717, 1.165) is 23.3 Å². The van der Waals surface area contributed by atoms with Crippen LogP contribution in [0.3, 0.4) is 0 Å². The minimum absolute atomic E-state index is 0.0777. The standard InChI is InChI=1S/C22H27NO5/c1-4-17(18-7-11-19(27-3)12-8-18)13-21(24)23(2)14-16-5-9-20(10-6-16)28-15-22(25)26/h5-12,17H,4,13-15H2,1-3H3,(H,25,26). The maximum Gasteiger partial charge on any atom is 0.341 e. The Bertz CT molecular complexity index is 771. The normalized spacial score (nSPS) is 11.5. The van der Waals surface area contributed by atoms with E-state index in [1.54, 1.807) is 31.2 Å². The second-order valence-corrected chi connectivity index (χ2v) is 6.66. The third kappa shape index (κ3) is 6.30. The van der Waals surface area contributed by atoms with Crippen molar-refractivity contribution in [3.63, 3.8) is 0 Å². The summed E-state index contributed by atoms with van der Waals surface area (Å²) in [5.74, 6) is 0.516. The Morgan fingerprint density at radius 3 is 2.18 bits per heavy atom. The van der Waals surface area contributed by atoms with Gasteiger partial charge in [0.25, 0.3) is 0 Å². The fraction of sp³-hybridized carbons (Fsp3) is 0.364. The van der Waals surface area contributed by atoms with Crippen molar-refractivity contribution in [1.82, 2.24) is 4.90 Å². The first-order valence-electron chi connectivity index (χ1n) is 9.24. The monoisotopic (exact) mass is 385 g/mol. The van der Waals surface area contributed by atoms with Crippen LogP contribution in [0.15, 0.2) is 48.5 Å². The molecule has 0 heterocycles. The van der Waals surface area contributed by atoms with Crippen molar-refractivity contribution < 1.29 is 24.2 Å². The van der Waals surface area contributed by atoms with Crippen LogP contribution < -0.4 is 9.47 Å². The number of carboxylic acids is 1. The second-order valence-electron chi connectivity index (χ2n) is 6.66. The Labute approximate surface area is 165 Å². The number of carbonyl (C=O) groups is 2. The summed E-state index contributed by atoms with van der Waals surface area (Å²) >= 11 is 0. The number of ether oxygens (including phenoxy) is 2. The molecule has 0 spiro atoms. The lowest BCUT2D eigenvalue weighted by Crippen LogP contribution is -2.27. The van der Waals surface area contributed by atoms with Gasteiger partial charge in [0.2, 0.25) is 5.91 Å². The quantitative estimate of drug-likeness (QED) is 0.675. The first-order valence-corrected chi connectivity index (χ1v) is 9.24. The number of benzene rings is 2. The summed E-state index contributed by atoms with van der Waals surface area (Å²) in [5, 5.41) is 8.63. The van der Waals surface area contributed by atoms with Crippen molar-refractivity contribution in [3.8, 4) is 11.5 Å². The van der Waals surface area contributed by atoms with Gasteiger partial charge in [0.15, 0.2) is 6.61 Å². The van der Waals surface area contributed by atoms with Gasteiger partial charge < -0.3 is 19.5 Å². The minimum atomic E-state index is -1.02. The molecule has 6 heteroatoms. The van der Waals surface area contributed by atoms with Gasteiger partial charge in [0.05, 0.1) is 7.11 Å². The number of rotatable bonds is 10. The molecular weight excluding hydrogens is 358 g/mol. The van der Waals surface area contributed by atoms with Gasteiger partial charge in [-0.25, -0.2) is 4.79 Å². The van der Waals surface area contributed by atoms with Crippen LogP contribution in [0.4, 0.5) is 0 Å². The third-order valence-corrected chi connectivity index (χ3v) is 4.63. The van der Waals surface area contributed by atoms with Crippen molar-refractivity contribution in [3.05, 3.63) is 59.7 Å². The van der Waals surface area contributed by atoms with Gasteiger partial charge in [-0.05, 0) is 47.7 Å². The van der Waals surface area contributed by atoms with E-state index in [4.69, 9.17) is 14.6 Å². The molecule has 6 nitrogen and oxygen atoms in total. The molecule has 0 saturated heterocycles. The lowest BCUT2D eigenvalue weighted by atomic mass is 9.92. The molecule has 2 aromatic carbocycles. The van der Waals surface area contributed by atoms with E-state index >= 15 is 0 Å². The summed E-state index contributed by atoms with van der Waals surface area (Å²) in [6, 6.07) is 14.9. The van der Waals surface area contributed by atoms with Crippen molar-refractivity contribution in [2.24, 2.45) is 0 Å². The number of amides is 1. The summed E-state index contributed by atoms with van der Waals surface area (Å²) in [6.07, 6.45) is 1.32. The number of carboxylic acid groups (broad SMARTS) is 1. The van der Waals surface area contributed by atoms with E-state index in [1.807, 2.05) is 36.4 Å². The fourth-order valence-corrected chi connectivity index (χ4v) is 2.94. The van der Waals surface area contributed by atoms with Crippen LogP contribution in [0.1, 0.15) is 36.8 Å². The van der Waals surface area contributed by atoms with Crippen molar-refractivity contribution in [2.45, 2.75) is 32.2 Å². The molecular formula is C22H27NO5. The van der Waals surface area contributed by atoms with E-state index < -0.39 is 5.97 Å². The van der Waals surface area contributed by atoms with E-state index in [0.29, 0.717) is 18.7 Å². The minimum Gasteiger partial charge on any atom is -0.497 e. The molecule has 1 amide bonds. The van der Waals surface area contributed by atoms with E-state index in [1.165, 1.54) is 0 Å². The molecule has 2 aromatic rings. The number of hydrogen-bond acceptors (Lipinski definition) is 4. The Balaban J connectivity index is 1.92. The summed E-state index contributed by atoms with van der Waals surface area (Å²) in [6.45, 7) is 2.19. The molecule has 0 saturated carbocycles. The maximum absolute atomic E-state index is 12.7. The zero-order valence-corrected chi connectivity index (χ0v) is 16.6. The van der Waals surface area contributed by atoms with Crippen molar-refractivity contribution in [1.29, 1.82) is 0 Å². The molecule has 1 atom stereocenters. The number of aliphatic carboxylic acids is 1. The molecule has 0 bridgehead atoms. The highest BCUT2D eigenvalue weighted by Crippen LogP contribution is 2.26. The summed E-state index contributed by atoms with van der Waals surface area (Å²) in [7, 11) is 3.42. The molecule has 0 fully saturated rings. The van der Waals surface area contributed by atoms with Gasteiger partial charge in [-0.1, -0.05) is 31.2 Å². The van der Waals surface area contributed by atoms with Crippen LogP contribution in [-0.2, 0) is 16.1 Å². The highest BCUT2D eigenvalue weighted by Gasteiger charge is 2.17. The number of carbonyl (C=O) groups excluding carboxylic acids is 1. The lowest BCUT2D eigenvalue weighted by molar-refractivity contribution is -0.139. The average Bonchev–Trinajstić information content (AvgIpc) is 2.71. The van der Waals surface area contributed by atoms with Crippen LogP contribution in [0.5, 0.6) is 11.5 Å². The molecule has 1 N–H and O–H groups in total. The first-order chi connectivity index (χ1) is 13.4. The van der Waals surface area contributed by atoms with Crippen LogP contribution >= 0.6 is 0 Å². The largest absolute Gasteiger partial charge is 0.497 e. The smallest absolute Gasteiger partial charge is 0.341 e. The summed E-state index contributed by atoms with van der Waals surface area (Å²) in [4.78, 5) is 24.9. The third-order valence-electron chi connectivity index (χ3n) is 4.63.